The predicted octanol–water partition coefficient (Wildman–Crippen LogP) is 2.53. The highest BCUT2D eigenvalue weighted by Crippen LogP contribution is 2.36. The van der Waals surface area contributed by atoms with Crippen LogP contribution in [0.15, 0.2) is 21.5 Å². The average Bonchev–Trinajstić information content (AvgIpc) is 3.08. The first-order chi connectivity index (χ1) is 15.2. The molecule has 3 rings (SSSR count). The van der Waals surface area contributed by atoms with Crippen molar-refractivity contribution in [3.8, 4) is 0 Å². The molecule has 33 heavy (non-hydrogen) atoms. The third kappa shape index (κ3) is 5.70. The number of sulfonamides is 1. The summed E-state index contributed by atoms with van der Waals surface area (Å²) in [6.07, 6.45) is 0.333. The summed E-state index contributed by atoms with van der Waals surface area (Å²) in [5.74, 6) is -0.0813. The molecule has 1 unspecified atom stereocenters. The van der Waals surface area contributed by atoms with Crippen LogP contribution in [0.3, 0.4) is 0 Å². The van der Waals surface area contributed by atoms with Crippen molar-refractivity contribution in [2.24, 2.45) is 0 Å². The molecule has 0 bridgehead atoms. The Hall–Kier alpha value is -1.69. The Bertz CT molecular complexity index is 1040. The van der Waals surface area contributed by atoms with Gasteiger partial charge in [0.25, 0.3) is 0 Å². The highest BCUT2D eigenvalue weighted by atomic mass is 79.9. The Balaban J connectivity index is 1.70. The first-order valence-corrected chi connectivity index (χ1v) is 13.2. The Morgan fingerprint density at radius 1 is 1.18 bits per heavy atom. The van der Waals surface area contributed by atoms with Crippen LogP contribution in [0.25, 0.3) is 0 Å². The van der Waals surface area contributed by atoms with Gasteiger partial charge in [-0.3, -0.25) is 9.69 Å². The second-order valence-electron chi connectivity index (χ2n) is 9.75. The standard InChI is InChI=1S/C22H33BrN4O5S/c1-15-13-25(9-10-26(15)21(29)32-22(2,3)4)14-20(28)27-8-7-16-11-17(23)19(12-18(16)27)33(30,31)24(5)6/h11-12,15H,7-10,13-14H2,1-6H3. The van der Waals surface area contributed by atoms with E-state index in [-0.39, 0.29) is 29.5 Å². The lowest BCUT2D eigenvalue weighted by Gasteiger charge is -2.40. The Morgan fingerprint density at radius 2 is 1.85 bits per heavy atom. The number of hydrogen-bond donors (Lipinski definition) is 0. The minimum absolute atomic E-state index is 0.0813. The summed E-state index contributed by atoms with van der Waals surface area (Å²) in [5, 5.41) is 0. The van der Waals surface area contributed by atoms with Crippen LogP contribution in [-0.4, -0.2) is 93.0 Å². The van der Waals surface area contributed by atoms with Crippen molar-refractivity contribution in [3.63, 3.8) is 0 Å². The number of benzene rings is 1. The number of rotatable bonds is 4. The number of piperazine rings is 1. The lowest BCUT2D eigenvalue weighted by Crippen LogP contribution is -2.56. The molecule has 2 aliphatic rings. The van der Waals surface area contributed by atoms with E-state index in [0.29, 0.717) is 42.8 Å². The van der Waals surface area contributed by atoms with Gasteiger partial charge in [0.05, 0.1) is 11.4 Å². The van der Waals surface area contributed by atoms with Gasteiger partial charge >= 0.3 is 6.09 Å². The highest BCUT2D eigenvalue weighted by molar-refractivity contribution is 9.10. The normalized spacial score (nSPS) is 19.7. The number of hydrogen-bond acceptors (Lipinski definition) is 6. The van der Waals surface area contributed by atoms with E-state index in [4.69, 9.17) is 4.74 Å². The van der Waals surface area contributed by atoms with Gasteiger partial charge in [-0.25, -0.2) is 17.5 Å². The van der Waals surface area contributed by atoms with E-state index in [9.17, 15) is 18.0 Å². The Morgan fingerprint density at radius 3 is 2.42 bits per heavy atom. The topological polar surface area (TPSA) is 90.5 Å². The summed E-state index contributed by atoms with van der Waals surface area (Å²) in [6.45, 7) is 9.80. The Labute approximate surface area is 204 Å². The van der Waals surface area contributed by atoms with E-state index in [0.717, 1.165) is 9.87 Å². The van der Waals surface area contributed by atoms with E-state index in [2.05, 4.69) is 15.9 Å². The number of anilines is 1. The lowest BCUT2D eigenvalue weighted by atomic mass is 10.1. The van der Waals surface area contributed by atoms with Crippen molar-refractivity contribution < 1.29 is 22.7 Å². The second-order valence-corrected chi connectivity index (χ2v) is 12.7. The van der Waals surface area contributed by atoms with Crippen LogP contribution in [0, 0.1) is 0 Å². The van der Waals surface area contributed by atoms with Gasteiger partial charge < -0.3 is 14.5 Å². The van der Waals surface area contributed by atoms with Crippen LogP contribution in [0.1, 0.15) is 33.3 Å². The molecule has 1 fully saturated rings. The number of fused-ring (bicyclic) bond motifs is 1. The first kappa shape index (κ1) is 25.9. The van der Waals surface area contributed by atoms with Gasteiger partial charge in [0, 0.05) is 56.5 Å². The summed E-state index contributed by atoms with van der Waals surface area (Å²) in [5.41, 5.74) is 1.03. The molecule has 184 valence electrons. The van der Waals surface area contributed by atoms with Gasteiger partial charge in [-0.15, -0.1) is 0 Å². The molecule has 0 spiro atoms. The van der Waals surface area contributed by atoms with Crippen LogP contribution in [0.2, 0.25) is 0 Å². The van der Waals surface area contributed by atoms with Gasteiger partial charge in [-0.2, -0.15) is 0 Å². The van der Waals surface area contributed by atoms with Gasteiger partial charge in [-0.1, -0.05) is 0 Å². The molecule has 0 saturated carbocycles. The van der Waals surface area contributed by atoms with Crippen molar-refractivity contribution in [2.45, 2.75) is 50.7 Å². The molecule has 1 atom stereocenters. The molecule has 11 heteroatoms. The van der Waals surface area contributed by atoms with Gasteiger partial charge in [0.1, 0.15) is 5.60 Å². The van der Waals surface area contributed by atoms with Crippen LogP contribution >= 0.6 is 15.9 Å². The van der Waals surface area contributed by atoms with E-state index in [1.54, 1.807) is 21.9 Å². The minimum Gasteiger partial charge on any atom is -0.444 e. The van der Waals surface area contributed by atoms with E-state index < -0.39 is 15.6 Å². The molecule has 1 aromatic rings. The molecular weight excluding hydrogens is 512 g/mol. The second kappa shape index (κ2) is 9.52. The summed E-state index contributed by atoms with van der Waals surface area (Å²) in [7, 11) is -0.687. The summed E-state index contributed by atoms with van der Waals surface area (Å²) >= 11 is 3.37. The summed E-state index contributed by atoms with van der Waals surface area (Å²) in [4.78, 5) is 31.2. The van der Waals surface area contributed by atoms with Gasteiger partial charge in [-0.05, 0) is 67.7 Å². The molecule has 0 N–H and O–H groups in total. The maximum atomic E-state index is 13.2. The maximum absolute atomic E-state index is 13.2. The largest absolute Gasteiger partial charge is 0.444 e. The number of carbonyl (C=O) groups is 2. The monoisotopic (exact) mass is 544 g/mol. The third-order valence-electron chi connectivity index (χ3n) is 5.79. The number of halogens is 1. The highest BCUT2D eigenvalue weighted by Gasteiger charge is 2.34. The van der Waals surface area contributed by atoms with E-state index in [1.165, 1.54) is 14.1 Å². The molecule has 2 amide bonds. The smallest absolute Gasteiger partial charge is 0.410 e. The molecule has 2 heterocycles. The number of nitrogens with zero attached hydrogens (tertiary/aromatic N) is 4. The van der Waals surface area contributed by atoms with Crippen molar-refractivity contribution in [2.75, 3.05) is 51.7 Å². The molecule has 1 saturated heterocycles. The number of carbonyl (C=O) groups excluding carboxylic acids is 2. The molecule has 0 aliphatic carbocycles. The number of ether oxygens (including phenoxy) is 1. The zero-order valence-corrected chi connectivity index (χ0v) is 22.5. The SMILES string of the molecule is CC1CN(CC(=O)N2CCc3cc(Br)c(S(=O)(=O)N(C)C)cc32)CCN1C(=O)OC(C)(C)C. The fraction of sp³-hybridized carbons (Fsp3) is 0.636. The summed E-state index contributed by atoms with van der Waals surface area (Å²) in [6, 6.07) is 3.30. The molecule has 0 radical (unpaired) electrons. The van der Waals surface area contributed by atoms with Crippen molar-refractivity contribution >= 4 is 43.6 Å². The molecule has 1 aromatic carbocycles. The zero-order chi connectivity index (χ0) is 24.7. The number of amides is 2. The summed E-state index contributed by atoms with van der Waals surface area (Å²) < 4.78 is 32.5. The van der Waals surface area contributed by atoms with Crippen molar-refractivity contribution in [3.05, 3.63) is 22.2 Å². The Kier molecular flexibility index (Phi) is 7.48. The van der Waals surface area contributed by atoms with Crippen LogP contribution in [0.4, 0.5) is 10.5 Å². The third-order valence-corrected chi connectivity index (χ3v) is 8.56. The first-order valence-electron chi connectivity index (χ1n) is 11.0. The fourth-order valence-corrected chi connectivity index (χ4v) is 6.05. The van der Waals surface area contributed by atoms with E-state index in [1.807, 2.05) is 32.6 Å². The quantitative estimate of drug-likeness (QED) is 0.578. The average molecular weight is 546 g/mol. The van der Waals surface area contributed by atoms with Crippen molar-refractivity contribution in [1.29, 1.82) is 0 Å². The molecule has 0 aromatic heterocycles. The predicted molar refractivity (Wildman–Crippen MR) is 130 cm³/mol. The molecular formula is C22H33BrN4O5S. The maximum Gasteiger partial charge on any atom is 0.410 e. The van der Waals surface area contributed by atoms with Crippen molar-refractivity contribution in [1.82, 2.24) is 14.1 Å². The van der Waals surface area contributed by atoms with Crippen LogP contribution < -0.4 is 4.90 Å². The minimum atomic E-state index is -3.65. The zero-order valence-electron chi connectivity index (χ0n) is 20.1. The lowest BCUT2D eigenvalue weighted by molar-refractivity contribution is -0.120. The van der Waals surface area contributed by atoms with E-state index >= 15 is 0 Å². The van der Waals surface area contributed by atoms with Gasteiger partial charge in [0.15, 0.2) is 0 Å². The molecule has 2 aliphatic heterocycles. The molecule has 9 nitrogen and oxygen atoms in total. The van der Waals surface area contributed by atoms with Crippen LogP contribution in [-0.2, 0) is 26.0 Å². The van der Waals surface area contributed by atoms with Crippen LogP contribution in [0.5, 0.6) is 0 Å². The fourth-order valence-electron chi connectivity index (χ4n) is 4.09. The van der Waals surface area contributed by atoms with Gasteiger partial charge in [0.2, 0.25) is 15.9 Å².